The quantitative estimate of drug-likeness (QED) is 0.757. The number of hydrogen-bond acceptors (Lipinski definition) is 3. The summed E-state index contributed by atoms with van der Waals surface area (Å²) in [6.45, 7) is 8.25. The van der Waals surface area contributed by atoms with Crippen LogP contribution >= 0.6 is 0 Å². The van der Waals surface area contributed by atoms with Gasteiger partial charge in [0, 0.05) is 18.5 Å². The molecule has 0 aromatic rings. The molecule has 1 aliphatic heterocycles. The summed E-state index contributed by atoms with van der Waals surface area (Å²) in [7, 11) is 0. The zero-order valence-corrected chi connectivity index (χ0v) is 9.82. The predicted molar refractivity (Wildman–Crippen MR) is 61.7 cm³/mol. The summed E-state index contributed by atoms with van der Waals surface area (Å²) in [5.41, 5.74) is -0.557. The Morgan fingerprint density at radius 1 is 1.53 bits per heavy atom. The summed E-state index contributed by atoms with van der Waals surface area (Å²) in [4.78, 5) is 18.0. The van der Waals surface area contributed by atoms with Gasteiger partial charge in [-0.25, -0.2) is 0 Å². The monoisotopic (exact) mass is 209 g/mol. The van der Waals surface area contributed by atoms with E-state index in [1.807, 2.05) is 44.9 Å². The molecule has 4 nitrogen and oxygen atoms in total. The molecule has 0 aromatic carbocycles. The maximum absolute atomic E-state index is 11.9. The van der Waals surface area contributed by atoms with E-state index in [9.17, 15) is 4.79 Å². The number of nitrogens with zero attached hydrogens (tertiary/aromatic N) is 2. The molecule has 0 unspecified atom stereocenters. The van der Waals surface area contributed by atoms with Gasteiger partial charge in [-0.05, 0) is 33.8 Å². The van der Waals surface area contributed by atoms with Gasteiger partial charge in [0.2, 0.25) is 5.91 Å². The van der Waals surface area contributed by atoms with Crippen molar-refractivity contribution in [1.82, 2.24) is 10.2 Å². The van der Waals surface area contributed by atoms with Crippen molar-refractivity contribution in [2.75, 3.05) is 6.67 Å². The second-order valence-corrected chi connectivity index (χ2v) is 4.47. The van der Waals surface area contributed by atoms with Gasteiger partial charge in [-0.1, -0.05) is 0 Å². The van der Waals surface area contributed by atoms with Crippen LogP contribution in [0, 0.1) is 0 Å². The van der Waals surface area contributed by atoms with E-state index in [1.54, 1.807) is 6.21 Å². The van der Waals surface area contributed by atoms with Crippen LogP contribution < -0.4 is 5.32 Å². The summed E-state index contributed by atoms with van der Waals surface area (Å²) in [6, 6.07) is 0.161. The highest BCUT2D eigenvalue weighted by molar-refractivity contribution is 5.86. The third-order valence-electron chi connectivity index (χ3n) is 2.38. The van der Waals surface area contributed by atoms with Crippen LogP contribution in [0.3, 0.4) is 0 Å². The van der Waals surface area contributed by atoms with Crippen LogP contribution in [0.2, 0.25) is 0 Å². The van der Waals surface area contributed by atoms with E-state index in [-0.39, 0.29) is 11.9 Å². The molecule has 1 N–H and O–H groups in total. The molecule has 0 fully saturated rings. The summed E-state index contributed by atoms with van der Waals surface area (Å²) in [5.74, 6) is 0.0271. The third-order valence-corrected chi connectivity index (χ3v) is 2.38. The van der Waals surface area contributed by atoms with Crippen molar-refractivity contribution in [3.8, 4) is 0 Å². The molecule has 0 atom stereocenters. The smallest absolute Gasteiger partial charge is 0.245 e. The van der Waals surface area contributed by atoms with Gasteiger partial charge in [-0.2, -0.15) is 0 Å². The molecule has 1 heterocycles. The summed E-state index contributed by atoms with van der Waals surface area (Å²) in [5, 5.41) is 2.91. The minimum Gasteiger partial charge on any atom is -0.352 e. The Bertz CT molecular complexity index is 292. The van der Waals surface area contributed by atoms with Gasteiger partial charge in [0.25, 0.3) is 0 Å². The highest BCUT2D eigenvalue weighted by Crippen LogP contribution is 2.16. The standard InChI is InChI=1S/C11H19N3O/c1-9(2)13-10(15)11(3,4)14-7-5-6-12-8-14/h5-7,9H,8H2,1-4H3,(H,13,15). The molecule has 1 rings (SSSR count). The number of rotatable bonds is 3. The molecule has 0 saturated heterocycles. The zero-order chi connectivity index (χ0) is 11.5. The van der Waals surface area contributed by atoms with Gasteiger partial charge in [0.1, 0.15) is 12.2 Å². The van der Waals surface area contributed by atoms with E-state index >= 15 is 0 Å². The minimum absolute atomic E-state index is 0.0271. The Labute approximate surface area is 91.1 Å². The lowest BCUT2D eigenvalue weighted by Crippen LogP contribution is -2.54. The number of carbonyl (C=O) groups excluding carboxylic acids is 1. The average Bonchev–Trinajstić information content (AvgIpc) is 2.18. The Balaban J connectivity index is 2.68. The molecule has 4 heteroatoms. The Kier molecular flexibility index (Phi) is 3.50. The molecule has 15 heavy (non-hydrogen) atoms. The fraction of sp³-hybridized carbons (Fsp3) is 0.636. The minimum atomic E-state index is -0.557. The van der Waals surface area contributed by atoms with Crippen LogP contribution in [0.15, 0.2) is 17.3 Å². The molecular weight excluding hydrogens is 190 g/mol. The van der Waals surface area contributed by atoms with Crippen LogP contribution in [0.1, 0.15) is 27.7 Å². The first-order valence-corrected chi connectivity index (χ1v) is 5.19. The Morgan fingerprint density at radius 2 is 2.20 bits per heavy atom. The van der Waals surface area contributed by atoms with Gasteiger partial charge < -0.3 is 10.2 Å². The molecule has 1 aliphatic rings. The van der Waals surface area contributed by atoms with Gasteiger partial charge in [0.05, 0.1) is 0 Å². The molecule has 0 aliphatic carbocycles. The van der Waals surface area contributed by atoms with E-state index in [0.29, 0.717) is 6.67 Å². The lowest BCUT2D eigenvalue weighted by Gasteiger charge is -2.36. The number of carbonyl (C=O) groups is 1. The molecular formula is C11H19N3O. The summed E-state index contributed by atoms with van der Waals surface area (Å²) >= 11 is 0. The largest absolute Gasteiger partial charge is 0.352 e. The van der Waals surface area contributed by atoms with Crippen molar-refractivity contribution in [2.24, 2.45) is 4.99 Å². The van der Waals surface area contributed by atoms with Gasteiger partial charge in [-0.15, -0.1) is 0 Å². The van der Waals surface area contributed by atoms with Crippen molar-refractivity contribution < 1.29 is 4.79 Å². The molecule has 0 bridgehead atoms. The third kappa shape index (κ3) is 2.81. The second-order valence-electron chi connectivity index (χ2n) is 4.47. The highest BCUT2D eigenvalue weighted by Gasteiger charge is 2.33. The van der Waals surface area contributed by atoms with Crippen molar-refractivity contribution in [1.29, 1.82) is 0 Å². The van der Waals surface area contributed by atoms with E-state index in [2.05, 4.69) is 10.3 Å². The molecule has 0 spiro atoms. The number of allylic oxidation sites excluding steroid dienone is 1. The van der Waals surface area contributed by atoms with Crippen molar-refractivity contribution in [3.05, 3.63) is 12.3 Å². The number of amides is 1. The topological polar surface area (TPSA) is 44.7 Å². The molecule has 1 amide bonds. The van der Waals surface area contributed by atoms with E-state index in [0.717, 1.165) is 0 Å². The van der Waals surface area contributed by atoms with Crippen LogP contribution in [0.5, 0.6) is 0 Å². The maximum atomic E-state index is 11.9. The fourth-order valence-corrected chi connectivity index (χ4v) is 1.32. The molecule has 0 radical (unpaired) electrons. The van der Waals surface area contributed by atoms with Crippen molar-refractivity contribution in [3.63, 3.8) is 0 Å². The van der Waals surface area contributed by atoms with Crippen LogP contribution in [0.25, 0.3) is 0 Å². The first kappa shape index (κ1) is 11.8. The first-order chi connectivity index (χ1) is 6.94. The van der Waals surface area contributed by atoms with Gasteiger partial charge in [-0.3, -0.25) is 9.79 Å². The normalized spacial score (nSPS) is 15.9. The Morgan fingerprint density at radius 3 is 2.67 bits per heavy atom. The van der Waals surface area contributed by atoms with Gasteiger partial charge >= 0.3 is 0 Å². The zero-order valence-electron chi connectivity index (χ0n) is 9.82. The summed E-state index contributed by atoms with van der Waals surface area (Å²) in [6.07, 6.45) is 5.48. The highest BCUT2D eigenvalue weighted by atomic mass is 16.2. The summed E-state index contributed by atoms with van der Waals surface area (Å²) < 4.78 is 0. The predicted octanol–water partition coefficient (Wildman–Crippen LogP) is 1.15. The Hall–Kier alpha value is -1.32. The number of aliphatic imine (C=N–C) groups is 1. The lowest BCUT2D eigenvalue weighted by molar-refractivity contribution is -0.130. The molecule has 0 aromatic heterocycles. The molecule has 0 saturated carbocycles. The number of hydrogen-bond donors (Lipinski definition) is 1. The average molecular weight is 209 g/mol. The number of nitrogens with one attached hydrogen (secondary N) is 1. The van der Waals surface area contributed by atoms with Crippen molar-refractivity contribution >= 4 is 12.1 Å². The maximum Gasteiger partial charge on any atom is 0.245 e. The van der Waals surface area contributed by atoms with Gasteiger partial charge in [0.15, 0.2) is 0 Å². The van der Waals surface area contributed by atoms with E-state index in [1.165, 1.54) is 0 Å². The second kappa shape index (κ2) is 4.47. The van der Waals surface area contributed by atoms with Crippen LogP contribution in [0.4, 0.5) is 0 Å². The van der Waals surface area contributed by atoms with E-state index < -0.39 is 5.54 Å². The van der Waals surface area contributed by atoms with Crippen LogP contribution in [-0.2, 0) is 4.79 Å². The van der Waals surface area contributed by atoms with Crippen LogP contribution in [-0.4, -0.2) is 35.3 Å². The van der Waals surface area contributed by atoms with Crippen molar-refractivity contribution in [2.45, 2.75) is 39.3 Å². The lowest BCUT2D eigenvalue weighted by atomic mass is 10.0. The van der Waals surface area contributed by atoms with E-state index in [4.69, 9.17) is 0 Å². The fourth-order valence-electron chi connectivity index (χ4n) is 1.32. The molecule has 84 valence electrons. The first-order valence-electron chi connectivity index (χ1n) is 5.19. The SMILES string of the molecule is CC(C)NC(=O)C(C)(C)N1C=CC=NC1.